The van der Waals surface area contributed by atoms with Crippen LogP contribution in [0.15, 0.2) is 12.2 Å². The van der Waals surface area contributed by atoms with E-state index < -0.39 is 23.6 Å². The molecule has 0 unspecified atom stereocenters. The van der Waals surface area contributed by atoms with Crippen molar-refractivity contribution >= 4 is 24.0 Å². The van der Waals surface area contributed by atoms with Gasteiger partial charge < -0.3 is 10.2 Å². The number of aldehydes is 1. The second-order valence-electron chi connectivity index (χ2n) is 2.01. The predicted octanol–water partition coefficient (Wildman–Crippen LogP) is -0.904. The zero-order valence-electron chi connectivity index (χ0n) is 6.34. The third-order valence-corrected chi connectivity index (χ3v) is 1.12. The van der Waals surface area contributed by atoms with Gasteiger partial charge in [-0.15, -0.1) is 0 Å². The highest BCUT2D eigenvalue weighted by atomic mass is 16.4. The third kappa shape index (κ3) is 3.28. The van der Waals surface area contributed by atoms with Crippen LogP contribution in [0.25, 0.3) is 0 Å². The van der Waals surface area contributed by atoms with Crippen molar-refractivity contribution in [3.05, 3.63) is 12.2 Å². The van der Waals surface area contributed by atoms with Crippen LogP contribution in [0.4, 0.5) is 0 Å². The highest BCUT2D eigenvalue weighted by Crippen LogP contribution is 2.00. The van der Waals surface area contributed by atoms with Crippen molar-refractivity contribution in [1.82, 2.24) is 0 Å². The number of carboxylic acids is 2. The Morgan fingerprint density at radius 1 is 1.08 bits per heavy atom. The largest absolute Gasteiger partial charge is 0.480 e. The van der Waals surface area contributed by atoms with E-state index in [1.54, 1.807) is 0 Å². The third-order valence-electron chi connectivity index (χ3n) is 1.12. The lowest BCUT2D eigenvalue weighted by Gasteiger charge is -2.00. The van der Waals surface area contributed by atoms with Crippen molar-refractivity contribution in [1.29, 1.82) is 0 Å². The van der Waals surface area contributed by atoms with Gasteiger partial charge in [0.05, 0.1) is 0 Å². The second-order valence-corrected chi connectivity index (χ2v) is 2.01. The van der Waals surface area contributed by atoms with Crippen LogP contribution in [-0.4, -0.2) is 34.2 Å². The summed E-state index contributed by atoms with van der Waals surface area (Å²) in [5, 5.41) is 16.6. The van der Waals surface area contributed by atoms with Crippen LogP contribution in [0.1, 0.15) is 0 Å². The van der Waals surface area contributed by atoms with Gasteiger partial charge in [-0.3, -0.25) is 19.2 Å². The van der Waals surface area contributed by atoms with Crippen LogP contribution in [0.3, 0.4) is 0 Å². The van der Waals surface area contributed by atoms with Gasteiger partial charge in [0.25, 0.3) is 0 Å². The number of allylic oxidation sites excluding steroid dienone is 2. The molecule has 0 aliphatic carbocycles. The fourth-order valence-corrected chi connectivity index (χ4v) is 0.579. The van der Waals surface area contributed by atoms with Gasteiger partial charge in [0.15, 0.2) is 5.78 Å². The zero-order chi connectivity index (χ0) is 10.4. The summed E-state index contributed by atoms with van der Waals surface area (Å²) in [4.78, 5) is 41.0. The van der Waals surface area contributed by atoms with E-state index in [0.717, 1.165) is 6.08 Å². The highest BCUT2D eigenvalue weighted by Gasteiger charge is 2.31. The standard InChI is InChI=1S/C7H6O6/c8-3-1-2-4(9)5(6(10)11)7(12)13/h1-3,5H,(H,10,11)(H,12,13). The molecule has 0 radical (unpaired) electrons. The van der Waals surface area contributed by atoms with Gasteiger partial charge in [0.1, 0.15) is 6.29 Å². The van der Waals surface area contributed by atoms with E-state index in [1.165, 1.54) is 0 Å². The van der Waals surface area contributed by atoms with Crippen molar-refractivity contribution in [3.63, 3.8) is 0 Å². The minimum absolute atomic E-state index is 0.249. The van der Waals surface area contributed by atoms with Gasteiger partial charge in [-0.25, -0.2) is 0 Å². The molecule has 6 heteroatoms. The van der Waals surface area contributed by atoms with Crippen molar-refractivity contribution in [3.8, 4) is 0 Å². The molecule has 0 atom stereocenters. The first-order valence-electron chi connectivity index (χ1n) is 3.12. The maximum atomic E-state index is 10.8. The summed E-state index contributed by atoms with van der Waals surface area (Å²) in [5.74, 6) is -6.80. The molecule has 0 aromatic rings. The summed E-state index contributed by atoms with van der Waals surface area (Å²) in [7, 11) is 0. The van der Waals surface area contributed by atoms with Crippen LogP contribution in [0.2, 0.25) is 0 Å². The molecule has 0 aromatic carbocycles. The Bertz CT molecular complexity index is 263. The minimum Gasteiger partial charge on any atom is -0.480 e. The number of carboxylic acid groups (broad SMARTS) is 2. The van der Waals surface area contributed by atoms with Crippen LogP contribution < -0.4 is 0 Å². The van der Waals surface area contributed by atoms with Crippen LogP contribution in [-0.2, 0) is 19.2 Å². The molecule has 0 aromatic heterocycles. The lowest BCUT2D eigenvalue weighted by atomic mass is 10.0. The summed E-state index contributed by atoms with van der Waals surface area (Å²) >= 11 is 0. The first kappa shape index (κ1) is 11.0. The Hall–Kier alpha value is -1.98. The number of hydrogen-bond acceptors (Lipinski definition) is 4. The van der Waals surface area contributed by atoms with E-state index in [4.69, 9.17) is 10.2 Å². The lowest BCUT2D eigenvalue weighted by Crippen LogP contribution is -2.30. The Morgan fingerprint density at radius 2 is 1.54 bits per heavy atom. The Balaban J connectivity index is 4.66. The van der Waals surface area contributed by atoms with E-state index in [9.17, 15) is 19.2 Å². The maximum Gasteiger partial charge on any atom is 0.325 e. The summed E-state index contributed by atoms with van der Waals surface area (Å²) in [6, 6.07) is 0. The molecule has 0 spiro atoms. The molecule has 0 aliphatic heterocycles. The molecule has 0 saturated heterocycles. The number of carbonyl (C=O) groups excluding carboxylic acids is 2. The van der Waals surface area contributed by atoms with Gasteiger partial charge in [0.2, 0.25) is 5.92 Å². The maximum absolute atomic E-state index is 10.8. The van der Waals surface area contributed by atoms with Crippen molar-refractivity contribution in [2.45, 2.75) is 0 Å². The van der Waals surface area contributed by atoms with E-state index in [-0.39, 0.29) is 6.29 Å². The molecule has 0 saturated carbocycles. The fraction of sp³-hybridized carbons (Fsp3) is 0.143. The van der Waals surface area contributed by atoms with Crippen molar-refractivity contribution < 1.29 is 29.4 Å². The topological polar surface area (TPSA) is 109 Å². The predicted molar refractivity (Wildman–Crippen MR) is 39.0 cm³/mol. The molecule has 2 N–H and O–H groups in total. The number of ketones is 1. The molecule has 13 heavy (non-hydrogen) atoms. The first-order chi connectivity index (χ1) is 6.00. The average Bonchev–Trinajstić information content (AvgIpc) is 1.99. The molecule has 0 heterocycles. The molecule has 0 fully saturated rings. The number of hydrogen-bond donors (Lipinski definition) is 2. The van der Waals surface area contributed by atoms with Gasteiger partial charge in [-0.1, -0.05) is 0 Å². The number of rotatable bonds is 5. The quantitative estimate of drug-likeness (QED) is 0.327. The lowest BCUT2D eigenvalue weighted by molar-refractivity contribution is -0.156. The molecule has 0 amide bonds. The Morgan fingerprint density at radius 3 is 1.85 bits per heavy atom. The zero-order valence-corrected chi connectivity index (χ0v) is 6.34. The van der Waals surface area contributed by atoms with Gasteiger partial charge in [-0.05, 0) is 12.2 Å². The minimum atomic E-state index is -2.14. The summed E-state index contributed by atoms with van der Waals surface area (Å²) in [5.41, 5.74) is 0. The van der Waals surface area contributed by atoms with Crippen LogP contribution in [0, 0.1) is 5.92 Å². The highest BCUT2D eigenvalue weighted by molar-refractivity contribution is 6.18. The van der Waals surface area contributed by atoms with E-state index in [1.807, 2.05) is 0 Å². The van der Waals surface area contributed by atoms with Gasteiger partial charge in [-0.2, -0.15) is 0 Å². The van der Waals surface area contributed by atoms with Crippen LogP contribution >= 0.6 is 0 Å². The first-order valence-corrected chi connectivity index (χ1v) is 3.12. The van der Waals surface area contributed by atoms with Crippen molar-refractivity contribution in [2.24, 2.45) is 5.92 Å². The molecule has 0 rings (SSSR count). The molecule has 6 nitrogen and oxygen atoms in total. The van der Waals surface area contributed by atoms with E-state index >= 15 is 0 Å². The summed E-state index contributed by atoms with van der Waals surface area (Å²) in [6.45, 7) is 0. The Kier molecular flexibility index (Phi) is 4.08. The normalized spacial score (nSPS) is 10.2. The second kappa shape index (κ2) is 4.81. The van der Waals surface area contributed by atoms with E-state index in [0.29, 0.717) is 6.08 Å². The van der Waals surface area contributed by atoms with Crippen LogP contribution in [0.5, 0.6) is 0 Å². The summed E-state index contributed by atoms with van der Waals surface area (Å²) < 4.78 is 0. The molecular weight excluding hydrogens is 180 g/mol. The molecule has 0 bridgehead atoms. The van der Waals surface area contributed by atoms with Crippen molar-refractivity contribution in [2.75, 3.05) is 0 Å². The monoisotopic (exact) mass is 186 g/mol. The molecule has 0 aliphatic rings. The molecular formula is C7H6O6. The van der Waals surface area contributed by atoms with E-state index in [2.05, 4.69) is 0 Å². The molecule has 70 valence electrons. The van der Waals surface area contributed by atoms with Gasteiger partial charge in [0, 0.05) is 0 Å². The fourth-order valence-electron chi connectivity index (χ4n) is 0.579. The number of aliphatic carboxylic acids is 2. The van der Waals surface area contributed by atoms with Gasteiger partial charge >= 0.3 is 11.9 Å². The Labute approximate surface area is 72.5 Å². The SMILES string of the molecule is O=CC=CC(=O)C(C(=O)O)C(=O)O. The summed E-state index contributed by atoms with van der Waals surface area (Å²) in [6.07, 6.45) is 1.60. The smallest absolute Gasteiger partial charge is 0.325 e. The number of carbonyl (C=O) groups is 4. The average molecular weight is 186 g/mol.